The first-order valence-corrected chi connectivity index (χ1v) is 9.66. The zero-order valence-corrected chi connectivity index (χ0v) is 14.5. The van der Waals surface area contributed by atoms with Crippen LogP contribution in [0.2, 0.25) is 0 Å². The summed E-state index contributed by atoms with van der Waals surface area (Å²) in [6, 6.07) is 21.6. The molecule has 1 heterocycles. The number of aliphatic hydroxyl groups excluding tert-OH is 1. The number of nitrogens with zero attached hydrogens (tertiary/aromatic N) is 1. The molecule has 1 aliphatic rings. The van der Waals surface area contributed by atoms with Gasteiger partial charge in [-0.05, 0) is 32.0 Å². The molecule has 0 spiro atoms. The molecule has 0 radical (unpaired) electrons. The average molecular weight is 328 g/mol. The fourth-order valence-electron chi connectivity index (χ4n) is 3.21. The first-order valence-electron chi connectivity index (χ1n) is 8.25. The molecule has 4 heteroatoms. The second-order valence-corrected chi connectivity index (χ2v) is 8.44. The Kier molecular flexibility index (Phi) is 5.80. The second-order valence-electron chi connectivity index (χ2n) is 6.05. The van der Waals surface area contributed by atoms with E-state index in [0.717, 1.165) is 26.1 Å². The number of β-amino-alcohol motifs (C(OH)–C–C–N with tert-alkyl or cyclic N) is 1. The minimum atomic E-state index is -0.479. The van der Waals surface area contributed by atoms with Crippen LogP contribution in [0.3, 0.4) is 0 Å². The lowest BCUT2D eigenvalue weighted by Gasteiger charge is -2.31. The highest BCUT2D eigenvalue weighted by Gasteiger charge is 2.28. The van der Waals surface area contributed by atoms with Gasteiger partial charge in [0, 0.05) is 25.4 Å². The highest BCUT2D eigenvalue weighted by atomic mass is 31.1. The standard InChI is InChI=1S/C19H25N2OP/c1-20-19(15-21-13-12-16(22)14-21)23(17-8-4-2-5-9-17)18-10-6-3-7-11-18/h2-11,16,19-20,22H,12-15H2,1H3/t16-,19?/m0/s1. The summed E-state index contributed by atoms with van der Waals surface area (Å²) in [5.41, 5.74) is 0. The summed E-state index contributed by atoms with van der Waals surface area (Å²) >= 11 is 0. The third-order valence-electron chi connectivity index (χ3n) is 4.39. The number of likely N-dealkylation sites (N-methyl/N-ethyl adjacent to an activating group) is 1. The van der Waals surface area contributed by atoms with Crippen LogP contribution in [-0.4, -0.2) is 48.6 Å². The van der Waals surface area contributed by atoms with Crippen molar-refractivity contribution in [3.63, 3.8) is 0 Å². The molecule has 1 unspecified atom stereocenters. The normalized spacial score (nSPS) is 20.0. The first kappa shape index (κ1) is 16.6. The van der Waals surface area contributed by atoms with Gasteiger partial charge in [-0.25, -0.2) is 0 Å². The predicted octanol–water partition coefficient (Wildman–Crippen LogP) is 1.73. The molecule has 2 atom stereocenters. The Morgan fingerprint density at radius 3 is 2.09 bits per heavy atom. The molecule has 3 nitrogen and oxygen atoms in total. The lowest BCUT2D eigenvalue weighted by molar-refractivity contribution is 0.176. The Morgan fingerprint density at radius 1 is 1.09 bits per heavy atom. The predicted molar refractivity (Wildman–Crippen MR) is 99.0 cm³/mol. The second kappa shape index (κ2) is 8.03. The van der Waals surface area contributed by atoms with E-state index in [1.807, 2.05) is 0 Å². The number of nitrogens with one attached hydrogen (secondary N) is 1. The zero-order chi connectivity index (χ0) is 16.1. The van der Waals surface area contributed by atoms with Gasteiger partial charge in [-0.2, -0.15) is 0 Å². The first-order chi connectivity index (χ1) is 11.3. The van der Waals surface area contributed by atoms with E-state index in [1.165, 1.54) is 10.6 Å². The third kappa shape index (κ3) is 4.19. The van der Waals surface area contributed by atoms with Gasteiger partial charge in [0.15, 0.2) is 0 Å². The van der Waals surface area contributed by atoms with E-state index in [1.54, 1.807) is 0 Å². The summed E-state index contributed by atoms with van der Waals surface area (Å²) in [5.74, 6) is 0.375. The summed E-state index contributed by atoms with van der Waals surface area (Å²) in [7, 11) is 1.57. The molecule has 0 aromatic heterocycles. The Morgan fingerprint density at radius 2 is 1.65 bits per heavy atom. The van der Waals surface area contributed by atoms with E-state index in [-0.39, 0.29) is 6.10 Å². The van der Waals surface area contributed by atoms with Crippen LogP contribution in [0, 0.1) is 0 Å². The molecule has 2 aromatic rings. The Hall–Kier alpha value is -1.25. The zero-order valence-electron chi connectivity index (χ0n) is 13.6. The molecular weight excluding hydrogens is 303 g/mol. The molecular formula is C19H25N2OP. The molecule has 0 bridgehead atoms. The van der Waals surface area contributed by atoms with Crippen LogP contribution in [0.15, 0.2) is 60.7 Å². The van der Waals surface area contributed by atoms with E-state index in [9.17, 15) is 5.11 Å². The maximum absolute atomic E-state index is 9.80. The summed E-state index contributed by atoms with van der Waals surface area (Å²) in [4.78, 5) is 2.38. The number of hydrogen-bond donors (Lipinski definition) is 2. The fraction of sp³-hybridized carbons (Fsp3) is 0.368. The SMILES string of the molecule is CNC(CN1CC[C@H](O)C1)P(c1ccccc1)c1ccccc1. The maximum Gasteiger partial charge on any atom is 0.0679 e. The van der Waals surface area contributed by atoms with Crippen molar-refractivity contribution in [3.8, 4) is 0 Å². The van der Waals surface area contributed by atoms with Gasteiger partial charge in [-0.3, -0.25) is 4.90 Å². The minimum absolute atomic E-state index is 0.160. The van der Waals surface area contributed by atoms with Crippen molar-refractivity contribution >= 4 is 18.5 Å². The molecule has 23 heavy (non-hydrogen) atoms. The van der Waals surface area contributed by atoms with Crippen LogP contribution in [0.5, 0.6) is 0 Å². The van der Waals surface area contributed by atoms with E-state index >= 15 is 0 Å². The smallest absolute Gasteiger partial charge is 0.0679 e. The van der Waals surface area contributed by atoms with Gasteiger partial charge in [0.05, 0.1) is 6.10 Å². The number of hydrogen-bond acceptors (Lipinski definition) is 3. The molecule has 1 saturated heterocycles. The number of rotatable bonds is 6. The Balaban J connectivity index is 1.87. The van der Waals surface area contributed by atoms with Crippen molar-refractivity contribution in [2.75, 3.05) is 26.7 Å². The van der Waals surface area contributed by atoms with Gasteiger partial charge in [0.2, 0.25) is 0 Å². The van der Waals surface area contributed by atoms with Crippen LogP contribution in [0.4, 0.5) is 0 Å². The third-order valence-corrected chi connectivity index (χ3v) is 7.15. The summed E-state index contributed by atoms with van der Waals surface area (Å²) in [6.07, 6.45) is 0.734. The van der Waals surface area contributed by atoms with Crippen molar-refractivity contribution in [2.24, 2.45) is 0 Å². The van der Waals surface area contributed by atoms with Gasteiger partial charge >= 0.3 is 0 Å². The monoisotopic (exact) mass is 328 g/mol. The lowest BCUT2D eigenvalue weighted by Crippen LogP contribution is -2.41. The molecule has 0 amide bonds. The van der Waals surface area contributed by atoms with E-state index in [2.05, 4.69) is 77.9 Å². The van der Waals surface area contributed by atoms with Crippen LogP contribution in [0.1, 0.15) is 6.42 Å². The lowest BCUT2D eigenvalue weighted by atomic mass is 10.3. The average Bonchev–Trinajstić information content (AvgIpc) is 3.01. The summed E-state index contributed by atoms with van der Waals surface area (Å²) < 4.78 is 0. The van der Waals surface area contributed by atoms with Crippen LogP contribution >= 0.6 is 7.92 Å². The summed E-state index contributed by atoms with van der Waals surface area (Å²) in [6.45, 7) is 2.76. The molecule has 1 fully saturated rings. The number of likely N-dealkylation sites (tertiary alicyclic amines) is 1. The highest BCUT2D eigenvalue weighted by Crippen LogP contribution is 2.38. The quantitative estimate of drug-likeness (QED) is 0.793. The van der Waals surface area contributed by atoms with Crippen molar-refractivity contribution < 1.29 is 5.11 Å². The number of aliphatic hydroxyl groups is 1. The van der Waals surface area contributed by atoms with Gasteiger partial charge < -0.3 is 10.4 Å². The van der Waals surface area contributed by atoms with Crippen LogP contribution in [0.25, 0.3) is 0 Å². The number of benzene rings is 2. The van der Waals surface area contributed by atoms with Crippen molar-refractivity contribution in [2.45, 2.75) is 18.3 Å². The minimum Gasteiger partial charge on any atom is -0.392 e. The van der Waals surface area contributed by atoms with Crippen molar-refractivity contribution in [3.05, 3.63) is 60.7 Å². The van der Waals surface area contributed by atoms with Gasteiger partial charge in [-0.1, -0.05) is 60.7 Å². The van der Waals surface area contributed by atoms with Crippen molar-refractivity contribution in [1.29, 1.82) is 0 Å². The van der Waals surface area contributed by atoms with Crippen LogP contribution < -0.4 is 15.9 Å². The molecule has 2 aromatic carbocycles. The largest absolute Gasteiger partial charge is 0.392 e. The van der Waals surface area contributed by atoms with Gasteiger partial charge in [0.25, 0.3) is 0 Å². The summed E-state index contributed by atoms with van der Waals surface area (Å²) in [5, 5.41) is 16.1. The Labute approximate surface area is 140 Å². The topological polar surface area (TPSA) is 35.5 Å². The molecule has 3 rings (SSSR count). The Bertz CT molecular complexity index is 553. The molecule has 122 valence electrons. The van der Waals surface area contributed by atoms with Crippen molar-refractivity contribution in [1.82, 2.24) is 10.2 Å². The van der Waals surface area contributed by atoms with Gasteiger partial charge in [0.1, 0.15) is 0 Å². The highest BCUT2D eigenvalue weighted by molar-refractivity contribution is 7.73. The molecule has 0 saturated carbocycles. The fourth-order valence-corrected chi connectivity index (χ4v) is 5.87. The van der Waals surface area contributed by atoms with E-state index in [0.29, 0.717) is 5.78 Å². The van der Waals surface area contributed by atoms with Crippen LogP contribution in [-0.2, 0) is 0 Å². The molecule has 0 aliphatic carbocycles. The van der Waals surface area contributed by atoms with Gasteiger partial charge in [-0.15, -0.1) is 0 Å². The van der Waals surface area contributed by atoms with E-state index < -0.39 is 7.92 Å². The maximum atomic E-state index is 9.80. The molecule has 2 N–H and O–H groups in total. The molecule has 1 aliphatic heterocycles. The van der Waals surface area contributed by atoms with E-state index in [4.69, 9.17) is 0 Å².